The predicted octanol–water partition coefficient (Wildman–Crippen LogP) is 3.21. The van der Waals surface area contributed by atoms with Crippen LogP contribution in [0.3, 0.4) is 0 Å². The number of halogens is 1. The number of carboxylic acids is 1. The predicted molar refractivity (Wildman–Crippen MR) is 77.4 cm³/mol. The molecule has 0 heterocycles. The molecule has 3 unspecified atom stereocenters. The monoisotopic (exact) mass is 293 g/mol. The molecular weight excluding hydrogens is 273 g/mol. The van der Waals surface area contributed by atoms with Crippen molar-refractivity contribution in [2.45, 2.75) is 33.1 Å². The van der Waals surface area contributed by atoms with Crippen molar-refractivity contribution in [3.05, 3.63) is 29.6 Å². The van der Waals surface area contributed by atoms with Gasteiger partial charge in [0.05, 0.1) is 11.8 Å². The highest BCUT2D eigenvalue weighted by molar-refractivity contribution is 5.95. The number of aliphatic carboxylic acids is 1. The van der Waals surface area contributed by atoms with E-state index in [2.05, 4.69) is 5.32 Å². The van der Waals surface area contributed by atoms with Crippen molar-refractivity contribution in [2.24, 2.45) is 17.8 Å². The molecule has 21 heavy (non-hydrogen) atoms. The Labute approximate surface area is 123 Å². The Kier molecular flexibility index (Phi) is 4.60. The number of nitrogens with one attached hydrogen (secondary N) is 1. The molecule has 2 rings (SSSR count). The molecule has 1 amide bonds. The van der Waals surface area contributed by atoms with Crippen LogP contribution in [0.1, 0.15) is 31.7 Å². The first-order valence-corrected chi connectivity index (χ1v) is 7.22. The van der Waals surface area contributed by atoms with Crippen LogP contribution in [0.15, 0.2) is 18.2 Å². The number of aryl methyl sites for hydroxylation is 1. The van der Waals surface area contributed by atoms with Crippen LogP contribution < -0.4 is 5.32 Å². The minimum absolute atomic E-state index is 0.261. The van der Waals surface area contributed by atoms with Crippen LogP contribution in [0.4, 0.5) is 10.1 Å². The summed E-state index contributed by atoms with van der Waals surface area (Å²) in [6.07, 6.45) is 1.98. The summed E-state index contributed by atoms with van der Waals surface area (Å²) in [5.41, 5.74) is 0.871. The minimum Gasteiger partial charge on any atom is -0.481 e. The fraction of sp³-hybridized carbons (Fsp3) is 0.500. The number of carbonyl (C=O) groups is 2. The van der Waals surface area contributed by atoms with E-state index in [4.69, 9.17) is 0 Å². The average Bonchev–Trinajstić information content (AvgIpc) is 2.87. The van der Waals surface area contributed by atoms with E-state index in [0.717, 1.165) is 6.42 Å². The lowest BCUT2D eigenvalue weighted by Crippen LogP contribution is -2.30. The van der Waals surface area contributed by atoms with E-state index in [0.29, 0.717) is 24.1 Å². The van der Waals surface area contributed by atoms with Crippen LogP contribution in [-0.2, 0) is 9.59 Å². The standard InChI is InChI=1S/C16H20FNO3/c1-3-10-6-12(13(7-10)16(20)21)15(19)18-11-5-4-9(2)14(17)8-11/h4-5,8,10,12-13H,3,6-7H2,1-2H3,(H,18,19)(H,20,21). The van der Waals surface area contributed by atoms with Crippen LogP contribution in [0.2, 0.25) is 0 Å². The molecule has 0 saturated heterocycles. The third kappa shape index (κ3) is 3.40. The van der Waals surface area contributed by atoms with E-state index in [1.165, 1.54) is 6.07 Å². The summed E-state index contributed by atoms with van der Waals surface area (Å²) in [5.74, 6) is -2.58. The van der Waals surface area contributed by atoms with Crippen LogP contribution in [0.25, 0.3) is 0 Å². The van der Waals surface area contributed by atoms with Crippen molar-refractivity contribution in [3.8, 4) is 0 Å². The van der Waals surface area contributed by atoms with Gasteiger partial charge in [0.1, 0.15) is 5.82 Å². The van der Waals surface area contributed by atoms with E-state index in [9.17, 15) is 19.1 Å². The molecule has 4 nitrogen and oxygen atoms in total. The van der Waals surface area contributed by atoms with Crippen LogP contribution >= 0.6 is 0 Å². The van der Waals surface area contributed by atoms with Gasteiger partial charge in [-0.05, 0) is 43.4 Å². The number of hydrogen-bond acceptors (Lipinski definition) is 2. The van der Waals surface area contributed by atoms with Crippen molar-refractivity contribution in [2.75, 3.05) is 5.32 Å². The van der Waals surface area contributed by atoms with Gasteiger partial charge in [0.2, 0.25) is 5.91 Å². The van der Waals surface area contributed by atoms with E-state index in [1.54, 1.807) is 19.1 Å². The Morgan fingerprint density at radius 1 is 1.33 bits per heavy atom. The quantitative estimate of drug-likeness (QED) is 0.895. The van der Waals surface area contributed by atoms with Crippen molar-refractivity contribution in [1.82, 2.24) is 0 Å². The van der Waals surface area contributed by atoms with Gasteiger partial charge in [0.15, 0.2) is 0 Å². The Balaban J connectivity index is 2.11. The van der Waals surface area contributed by atoms with Crippen LogP contribution in [0.5, 0.6) is 0 Å². The van der Waals surface area contributed by atoms with E-state index < -0.39 is 17.8 Å². The second-order valence-electron chi connectivity index (χ2n) is 5.75. The molecule has 1 aromatic carbocycles. The highest BCUT2D eigenvalue weighted by Gasteiger charge is 2.42. The number of anilines is 1. The number of rotatable bonds is 4. The zero-order chi connectivity index (χ0) is 15.6. The summed E-state index contributed by atoms with van der Waals surface area (Å²) in [6.45, 7) is 3.64. The fourth-order valence-electron chi connectivity index (χ4n) is 2.94. The maximum atomic E-state index is 13.5. The number of benzene rings is 1. The van der Waals surface area contributed by atoms with E-state index >= 15 is 0 Å². The zero-order valence-corrected chi connectivity index (χ0v) is 12.2. The van der Waals surface area contributed by atoms with E-state index in [1.807, 2.05) is 6.92 Å². The van der Waals surface area contributed by atoms with E-state index in [-0.39, 0.29) is 17.6 Å². The molecule has 1 aromatic rings. The van der Waals surface area contributed by atoms with Gasteiger partial charge in [-0.2, -0.15) is 0 Å². The molecule has 1 fully saturated rings. The first kappa shape index (κ1) is 15.5. The fourth-order valence-corrected chi connectivity index (χ4v) is 2.94. The van der Waals surface area contributed by atoms with Crippen molar-refractivity contribution in [3.63, 3.8) is 0 Å². The molecule has 0 spiro atoms. The van der Waals surface area contributed by atoms with Gasteiger partial charge < -0.3 is 10.4 Å². The van der Waals surface area contributed by atoms with Gasteiger partial charge in [-0.1, -0.05) is 19.4 Å². The largest absolute Gasteiger partial charge is 0.481 e. The van der Waals surface area contributed by atoms with Gasteiger partial charge in [0, 0.05) is 5.69 Å². The summed E-state index contributed by atoms with van der Waals surface area (Å²) in [6, 6.07) is 4.47. The second kappa shape index (κ2) is 6.24. The minimum atomic E-state index is -0.929. The van der Waals surface area contributed by atoms with Gasteiger partial charge >= 0.3 is 5.97 Å². The Bertz CT molecular complexity index is 558. The Hall–Kier alpha value is -1.91. The average molecular weight is 293 g/mol. The highest BCUT2D eigenvalue weighted by atomic mass is 19.1. The molecule has 0 aromatic heterocycles. The summed E-state index contributed by atoms with van der Waals surface area (Å²) < 4.78 is 13.5. The maximum Gasteiger partial charge on any atom is 0.307 e. The molecule has 5 heteroatoms. The molecular formula is C16H20FNO3. The molecule has 0 aliphatic heterocycles. The first-order valence-electron chi connectivity index (χ1n) is 7.22. The van der Waals surface area contributed by atoms with Crippen LogP contribution in [-0.4, -0.2) is 17.0 Å². The topological polar surface area (TPSA) is 66.4 Å². The Morgan fingerprint density at radius 3 is 2.57 bits per heavy atom. The number of carbonyl (C=O) groups excluding carboxylic acids is 1. The normalized spacial score (nSPS) is 24.8. The summed E-state index contributed by atoms with van der Waals surface area (Å²) in [5, 5.41) is 11.9. The number of carboxylic acid groups (broad SMARTS) is 1. The maximum absolute atomic E-state index is 13.5. The van der Waals surface area contributed by atoms with Gasteiger partial charge in [-0.3, -0.25) is 9.59 Å². The molecule has 1 saturated carbocycles. The van der Waals surface area contributed by atoms with Gasteiger partial charge in [0.25, 0.3) is 0 Å². The summed E-state index contributed by atoms with van der Waals surface area (Å²) in [7, 11) is 0. The second-order valence-corrected chi connectivity index (χ2v) is 5.75. The first-order chi connectivity index (χ1) is 9.92. The lowest BCUT2D eigenvalue weighted by atomic mass is 9.95. The summed E-state index contributed by atoms with van der Waals surface area (Å²) in [4.78, 5) is 23.6. The SMILES string of the molecule is CCC1CC(C(=O)O)C(C(=O)Nc2ccc(C)c(F)c2)C1. The van der Waals surface area contributed by atoms with Gasteiger partial charge in [-0.15, -0.1) is 0 Å². The molecule has 0 bridgehead atoms. The number of hydrogen-bond donors (Lipinski definition) is 2. The molecule has 1 aliphatic rings. The third-order valence-electron chi connectivity index (χ3n) is 4.33. The molecule has 3 atom stereocenters. The lowest BCUT2D eigenvalue weighted by molar-refractivity contribution is -0.145. The van der Waals surface area contributed by atoms with Crippen molar-refractivity contribution in [1.29, 1.82) is 0 Å². The van der Waals surface area contributed by atoms with Gasteiger partial charge in [-0.25, -0.2) is 4.39 Å². The van der Waals surface area contributed by atoms with Crippen LogP contribution in [0, 0.1) is 30.5 Å². The molecule has 2 N–H and O–H groups in total. The smallest absolute Gasteiger partial charge is 0.307 e. The summed E-state index contributed by atoms with van der Waals surface area (Å²) >= 11 is 0. The molecule has 0 radical (unpaired) electrons. The zero-order valence-electron chi connectivity index (χ0n) is 12.2. The van der Waals surface area contributed by atoms with Crippen molar-refractivity contribution >= 4 is 17.6 Å². The highest BCUT2D eigenvalue weighted by Crippen LogP contribution is 2.39. The number of amides is 1. The lowest BCUT2D eigenvalue weighted by Gasteiger charge is -2.15. The third-order valence-corrected chi connectivity index (χ3v) is 4.33. The van der Waals surface area contributed by atoms with Crippen molar-refractivity contribution < 1.29 is 19.1 Å². The Morgan fingerprint density at radius 2 is 2.00 bits per heavy atom. The molecule has 114 valence electrons. The molecule has 1 aliphatic carbocycles.